The van der Waals surface area contributed by atoms with E-state index in [1.807, 2.05) is 0 Å². The van der Waals surface area contributed by atoms with Crippen LogP contribution < -0.4 is 0 Å². The van der Waals surface area contributed by atoms with Gasteiger partial charge in [0.25, 0.3) is 0 Å². The molecule has 1 amide bonds. The molecule has 0 saturated carbocycles. The van der Waals surface area contributed by atoms with Crippen LogP contribution in [0.4, 0.5) is 0 Å². The SMILES string of the molecule is CN1CCN(C[C@H]2CCCN(C(=O)CCCN3CCCC3)C2)CC1. The summed E-state index contributed by atoms with van der Waals surface area (Å²) in [5.74, 6) is 1.09. The number of carbonyl (C=O) groups excluding carboxylic acids is 1. The van der Waals surface area contributed by atoms with Crippen LogP contribution in [-0.2, 0) is 4.79 Å². The lowest BCUT2D eigenvalue weighted by Gasteiger charge is -2.38. The van der Waals surface area contributed by atoms with E-state index in [9.17, 15) is 4.79 Å². The molecule has 24 heavy (non-hydrogen) atoms. The average molecular weight is 337 g/mol. The fourth-order valence-electron chi connectivity index (χ4n) is 4.45. The molecule has 0 N–H and O–H groups in total. The predicted molar refractivity (Wildman–Crippen MR) is 98.1 cm³/mol. The number of hydrogen-bond acceptors (Lipinski definition) is 4. The van der Waals surface area contributed by atoms with E-state index < -0.39 is 0 Å². The number of nitrogens with zero attached hydrogens (tertiary/aromatic N) is 4. The van der Waals surface area contributed by atoms with Gasteiger partial charge in [-0.25, -0.2) is 0 Å². The van der Waals surface area contributed by atoms with Crippen molar-refractivity contribution in [2.24, 2.45) is 5.92 Å². The number of likely N-dealkylation sites (tertiary alicyclic amines) is 2. The first-order valence-corrected chi connectivity index (χ1v) is 10.1. The number of piperidine rings is 1. The summed E-state index contributed by atoms with van der Waals surface area (Å²) in [5.41, 5.74) is 0. The molecular weight excluding hydrogens is 300 g/mol. The lowest BCUT2D eigenvalue weighted by Crippen LogP contribution is -2.49. The van der Waals surface area contributed by atoms with E-state index in [0.29, 0.717) is 11.8 Å². The number of carbonyl (C=O) groups is 1. The van der Waals surface area contributed by atoms with Crippen molar-refractivity contribution in [2.75, 3.05) is 72.5 Å². The maximum Gasteiger partial charge on any atom is 0.222 e. The van der Waals surface area contributed by atoms with Gasteiger partial charge in [-0.05, 0) is 64.7 Å². The summed E-state index contributed by atoms with van der Waals surface area (Å²) in [4.78, 5) is 22.2. The molecule has 3 rings (SSSR count). The highest BCUT2D eigenvalue weighted by atomic mass is 16.2. The van der Waals surface area contributed by atoms with Gasteiger partial charge in [-0.3, -0.25) is 4.79 Å². The molecule has 3 heterocycles. The summed E-state index contributed by atoms with van der Waals surface area (Å²) in [6.45, 7) is 11.5. The molecule has 5 heteroatoms. The summed E-state index contributed by atoms with van der Waals surface area (Å²) >= 11 is 0. The van der Waals surface area contributed by atoms with Crippen molar-refractivity contribution in [3.8, 4) is 0 Å². The van der Waals surface area contributed by atoms with E-state index in [-0.39, 0.29) is 0 Å². The quantitative estimate of drug-likeness (QED) is 0.732. The van der Waals surface area contributed by atoms with Crippen LogP contribution in [0.15, 0.2) is 0 Å². The fraction of sp³-hybridized carbons (Fsp3) is 0.947. The Morgan fingerprint density at radius 2 is 1.67 bits per heavy atom. The molecule has 3 aliphatic rings. The topological polar surface area (TPSA) is 30.0 Å². The molecular formula is C19H36N4O. The standard InChI is InChI=1S/C19H36N4O/c1-20-12-14-22(15-13-20)16-18-6-4-11-23(17-18)19(24)7-5-10-21-8-2-3-9-21/h18H,2-17H2,1H3/t18-/m1/s1. The van der Waals surface area contributed by atoms with Crippen molar-refractivity contribution >= 4 is 5.91 Å². The molecule has 3 fully saturated rings. The van der Waals surface area contributed by atoms with E-state index in [2.05, 4.69) is 26.6 Å². The highest BCUT2D eigenvalue weighted by Gasteiger charge is 2.26. The Balaban J connectivity index is 1.35. The van der Waals surface area contributed by atoms with Crippen molar-refractivity contribution in [1.29, 1.82) is 0 Å². The van der Waals surface area contributed by atoms with Gasteiger partial charge in [0, 0.05) is 52.2 Å². The van der Waals surface area contributed by atoms with Crippen LogP contribution in [0.5, 0.6) is 0 Å². The van der Waals surface area contributed by atoms with E-state index in [0.717, 1.165) is 32.5 Å². The number of likely N-dealkylation sites (N-methyl/N-ethyl adjacent to an activating group) is 1. The molecule has 138 valence electrons. The third kappa shape index (κ3) is 5.43. The Morgan fingerprint density at radius 3 is 2.42 bits per heavy atom. The first kappa shape index (κ1) is 18.2. The van der Waals surface area contributed by atoms with E-state index in [4.69, 9.17) is 0 Å². The number of amides is 1. The molecule has 0 spiro atoms. The third-order valence-corrected chi connectivity index (χ3v) is 6.05. The molecule has 0 bridgehead atoms. The molecule has 0 radical (unpaired) electrons. The van der Waals surface area contributed by atoms with Gasteiger partial charge in [0.2, 0.25) is 5.91 Å². The molecule has 3 aliphatic heterocycles. The van der Waals surface area contributed by atoms with Crippen LogP contribution in [0, 0.1) is 5.92 Å². The first-order valence-electron chi connectivity index (χ1n) is 10.1. The average Bonchev–Trinajstić information content (AvgIpc) is 3.10. The van der Waals surface area contributed by atoms with Gasteiger partial charge in [0.15, 0.2) is 0 Å². The summed E-state index contributed by atoms with van der Waals surface area (Å²) in [6.07, 6.45) is 6.96. The monoisotopic (exact) mass is 336 g/mol. The van der Waals surface area contributed by atoms with Crippen molar-refractivity contribution in [1.82, 2.24) is 19.6 Å². The second kappa shape index (κ2) is 9.16. The van der Waals surface area contributed by atoms with Crippen LogP contribution in [0.3, 0.4) is 0 Å². The molecule has 0 aliphatic carbocycles. The first-order chi connectivity index (χ1) is 11.7. The van der Waals surface area contributed by atoms with Crippen LogP contribution in [0.1, 0.15) is 38.5 Å². The Kier molecular flexibility index (Phi) is 6.93. The number of piperazine rings is 1. The van der Waals surface area contributed by atoms with Gasteiger partial charge >= 0.3 is 0 Å². The zero-order valence-corrected chi connectivity index (χ0v) is 15.6. The maximum absolute atomic E-state index is 12.5. The van der Waals surface area contributed by atoms with Gasteiger partial charge in [0.1, 0.15) is 0 Å². The second-order valence-electron chi connectivity index (χ2n) is 8.10. The Bertz CT molecular complexity index is 389. The molecule has 0 aromatic carbocycles. The number of rotatable bonds is 6. The zero-order chi connectivity index (χ0) is 16.8. The van der Waals surface area contributed by atoms with E-state index in [1.165, 1.54) is 71.5 Å². The Labute approximate surface area is 147 Å². The molecule has 5 nitrogen and oxygen atoms in total. The lowest BCUT2D eigenvalue weighted by molar-refractivity contribution is -0.133. The summed E-state index contributed by atoms with van der Waals surface area (Å²) in [6, 6.07) is 0. The van der Waals surface area contributed by atoms with Crippen LogP contribution >= 0.6 is 0 Å². The van der Waals surface area contributed by atoms with Gasteiger partial charge in [0.05, 0.1) is 0 Å². The maximum atomic E-state index is 12.5. The minimum atomic E-state index is 0.400. The Morgan fingerprint density at radius 1 is 0.917 bits per heavy atom. The Hall–Kier alpha value is -0.650. The number of hydrogen-bond donors (Lipinski definition) is 0. The minimum absolute atomic E-state index is 0.400. The van der Waals surface area contributed by atoms with E-state index >= 15 is 0 Å². The predicted octanol–water partition coefficient (Wildman–Crippen LogP) is 1.35. The highest BCUT2D eigenvalue weighted by Crippen LogP contribution is 2.19. The minimum Gasteiger partial charge on any atom is -0.342 e. The van der Waals surface area contributed by atoms with Crippen LogP contribution in [0.2, 0.25) is 0 Å². The largest absolute Gasteiger partial charge is 0.342 e. The fourth-order valence-corrected chi connectivity index (χ4v) is 4.45. The zero-order valence-electron chi connectivity index (χ0n) is 15.6. The summed E-state index contributed by atoms with van der Waals surface area (Å²) in [7, 11) is 2.21. The van der Waals surface area contributed by atoms with Crippen molar-refractivity contribution in [3.63, 3.8) is 0 Å². The van der Waals surface area contributed by atoms with Crippen molar-refractivity contribution in [3.05, 3.63) is 0 Å². The summed E-state index contributed by atoms with van der Waals surface area (Å²) in [5, 5.41) is 0. The smallest absolute Gasteiger partial charge is 0.222 e. The lowest BCUT2D eigenvalue weighted by atomic mass is 9.96. The van der Waals surface area contributed by atoms with E-state index in [1.54, 1.807) is 0 Å². The molecule has 1 atom stereocenters. The van der Waals surface area contributed by atoms with Crippen LogP contribution in [-0.4, -0.2) is 98.0 Å². The van der Waals surface area contributed by atoms with Crippen molar-refractivity contribution < 1.29 is 4.79 Å². The second-order valence-corrected chi connectivity index (χ2v) is 8.10. The van der Waals surface area contributed by atoms with Gasteiger partial charge in [-0.1, -0.05) is 0 Å². The third-order valence-electron chi connectivity index (χ3n) is 6.05. The molecule has 0 unspecified atom stereocenters. The van der Waals surface area contributed by atoms with Crippen molar-refractivity contribution in [2.45, 2.75) is 38.5 Å². The molecule has 3 saturated heterocycles. The highest BCUT2D eigenvalue weighted by molar-refractivity contribution is 5.76. The molecule has 0 aromatic heterocycles. The van der Waals surface area contributed by atoms with Gasteiger partial charge in [-0.15, -0.1) is 0 Å². The normalized spacial score (nSPS) is 27.7. The molecule has 0 aromatic rings. The van der Waals surface area contributed by atoms with Gasteiger partial charge < -0.3 is 19.6 Å². The van der Waals surface area contributed by atoms with Crippen LogP contribution in [0.25, 0.3) is 0 Å². The van der Waals surface area contributed by atoms with Gasteiger partial charge in [-0.2, -0.15) is 0 Å². The summed E-state index contributed by atoms with van der Waals surface area (Å²) < 4.78 is 0.